The second kappa shape index (κ2) is 9.47. The number of nitro benzene ring substituents is 1. The Bertz CT molecular complexity index is 793. The molecule has 0 heterocycles. The Morgan fingerprint density at radius 2 is 1.88 bits per heavy atom. The van der Waals surface area contributed by atoms with Crippen molar-refractivity contribution < 1.29 is 14.5 Å². The van der Waals surface area contributed by atoms with Crippen LogP contribution < -0.4 is 15.4 Å². The summed E-state index contributed by atoms with van der Waals surface area (Å²) in [7, 11) is 0. The Labute approximate surface area is 156 Å². The first-order valence-electron chi connectivity index (χ1n) is 7.99. The van der Waals surface area contributed by atoms with Gasteiger partial charge in [0.25, 0.3) is 5.69 Å². The quantitative estimate of drug-likeness (QED) is 0.333. The van der Waals surface area contributed by atoms with Crippen LogP contribution in [0.5, 0.6) is 5.75 Å². The van der Waals surface area contributed by atoms with Gasteiger partial charge in [0.2, 0.25) is 5.91 Å². The molecular formula is C18H19N3O4S. The average molecular weight is 373 g/mol. The SMILES string of the molecule is Cc1ccc(OCCCC(=O)NC(=S)Nc2ccccc2[N+](=O)[O-])cc1. The number of hydrogen-bond acceptors (Lipinski definition) is 5. The van der Waals surface area contributed by atoms with E-state index in [-0.39, 0.29) is 28.8 Å². The number of nitro groups is 1. The number of anilines is 1. The van der Waals surface area contributed by atoms with Gasteiger partial charge in [-0.05, 0) is 43.8 Å². The van der Waals surface area contributed by atoms with Gasteiger partial charge in [-0.1, -0.05) is 29.8 Å². The number of hydrogen-bond donors (Lipinski definition) is 2. The minimum atomic E-state index is -0.519. The van der Waals surface area contributed by atoms with E-state index in [2.05, 4.69) is 10.6 Å². The molecule has 0 aliphatic carbocycles. The molecule has 0 spiro atoms. The van der Waals surface area contributed by atoms with Gasteiger partial charge in [0.15, 0.2) is 5.11 Å². The Kier molecular flexibility index (Phi) is 7.04. The maximum atomic E-state index is 11.9. The smallest absolute Gasteiger partial charge is 0.292 e. The molecule has 0 atom stereocenters. The molecule has 0 aromatic heterocycles. The minimum absolute atomic E-state index is 0.0174. The van der Waals surface area contributed by atoms with E-state index < -0.39 is 4.92 Å². The third-order valence-electron chi connectivity index (χ3n) is 3.44. The fourth-order valence-electron chi connectivity index (χ4n) is 2.14. The van der Waals surface area contributed by atoms with Gasteiger partial charge in [0.1, 0.15) is 11.4 Å². The van der Waals surface area contributed by atoms with E-state index in [1.165, 1.54) is 12.1 Å². The largest absolute Gasteiger partial charge is 0.494 e. The summed E-state index contributed by atoms with van der Waals surface area (Å²) in [6, 6.07) is 13.7. The monoisotopic (exact) mass is 373 g/mol. The molecule has 7 nitrogen and oxygen atoms in total. The third kappa shape index (κ3) is 6.14. The van der Waals surface area contributed by atoms with Gasteiger partial charge < -0.3 is 15.4 Å². The lowest BCUT2D eigenvalue weighted by Crippen LogP contribution is -2.34. The molecule has 0 aliphatic heterocycles. The molecule has 0 fully saturated rings. The van der Waals surface area contributed by atoms with Crippen LogP contribution in [0, 0.1) is 17.0 Å². The van der Waals surface area contributed by atoms with Crippen LogP contribution in [0.25, 0.3) is 0 Å². The number of carbonyl (C=O) groups excluding carboxylic acids is 1. The lowest BCUT2D eigenvalue weighted by atomic mass is 10.2. The Hall–Kier alpha value is -3.00. The number of amides is 1. The van der Waals surface area contributed by atoms with E-state index >= 15 is 0 Å². The Morgan fingerprint density at radius 1 is 1.19 bits per heavy atom. The maximum Gasteiger partial charge on any atom is 0.292 e. The van der Waals surface area contributed by atoms with Gasteiger partial charge >= 0.3 is 0 Å². The molecule has 2 N–H and O–H groups in total. The molecule has 2 aromatic carbocycles. The fourth-order valence-corrected chi connectivity index (χ4v) is 2.36. The van der Waals surface area contributed by atoms with Crippen LogP contribution in [-0.2, 0) is 4.79 Å². The topological polar surface area (TPSA) is 93.5 Å². The van der Waals surface area contributed by atoms with Crippen molar-refractivity contribution >= 4 is 34.6 Å². The highest BCUT2D eigenvalue weighted by Gasteiger charge is 2.14. The lowest BCUT2D eigenvalue weighted by Gasteiger charge is -2.10. The minimum Gasteiger partial charge on any atom is -0.494 e. The molecule has 136 valence electrons. The summed E-state index contributed by atoms with van der Waals surface area (Å²) in [4.78, 5) is 22.3. The van der Waals surface area contributed by atoms with Crippen molar-refractivity contribution in [2.45, 2.75) is 19.8 Å². The number of para-hydroxylation sites is 2. The van der Waals surface area contributed by atoms with Crippen molar-refractivity contribution in [3.63, 3.8) is 0 Å². The molecule has 2 rings (SSSR count). The van der Waals surface area contributed by atoms with Crippen molar-refractivity contribution in [2.24, 2.45) is 0 Å². The van der Waals surface area contributed by atoms with Crippen LogP contribution in [0.3, 0.4) is 0 Å². The average Bonchev–Trinajstić information content (AvgIpc) is 2.60. The van der Waals surface area contributed by atoms with Crippen LogP contribution in [-0.4, -0.2) is 22.5 Å². The fraction of sp³-hybridized carbons (Fsp3) is 0.222. The predicted octanol–water partition coefficient (Wildman–Crippen LogP) is 3.58. The molecule has 0 radical (unpaired) electrons. The van der Waals surface area contributed by atoms with Crippen molar-refractivity contribution in [3.05, 3.63) is 64.2 Å². The summed E-state index contributed by atoms with van der Waals surface area (Å²) in [6.07, 6.45) is 0.748. The van der Waals surface area contributed by atoms with Crippen molar-refractivity contribution in [1.29, 1.82) is 0 Å². The van der Waals surface area contributed by atoms with E-state index in [1.54, 1.807) is 12.1 Å². The number of nitrogens with one attached hydrogen (secondary N) is 2. The molecule has 0 saturated heterocycles. The molecule has 0 bridgehead atoms. The van der Waals surface area contributed by atoms with Crippen LogP contribution in [0.1, 0.15) is 18.4 Å². The lowest BCUT2D eigenvalue weighted by molar-refractivity contribution is -0.383. The van der Waals surface area contributed by atoms with Crippen molar-refractivity contribution in [2.75, 3.05) is 11.9 Å². The van der Waals surface area contributed by atoms with Gasteiger partial charge in [-0.15, -0.1) is 0 Å². The summed E-state index contributed by atoms with van der Waals surface area (Å²) in [6.45, 7) is 2.40. The number of nitrogens with zero attached hydrogens (tertiary/aromatic N) is 1. The Balaban J connectivity index is 1.73. The zero-order valence-electron chi connectivity index (χ0n) is 14.2. The van der Waals surface area contributed by atoms with E-state index in [0.29, 0.717) is 13.0 Å². The highest BCUT2D eigenvalue weighted by atomic mass is 32.1. The third-order valence-corrected chi connectivity index (χ3v) is 3.64. The molecule has 1 amide bonds. The number of rotatable bonds is 7. The first-order valence-corrected chi connectivity index (χ1v) is 8.40. The van der Waals surface area contributed by atoms with Gasteiger partial charge in [0, 0.05) is 12.5 Å². The summed E-state index contributed by atoms with van der Waals surface area (Å²) >= 11 is 5.03. The summed E-state index contributed by atoms with van der Waals surface area (Å²) in [5.74, 6) is 0.471. The molecule has 0 unspecified atom stereocenters. The molecule has 0 aliphatic rings. The molecule has 2 aromatic rings. The molecule has 0 saturated carbocycles. The van der Waals surface area contributed by atoms with Gasteiger partial charge in [0.05, 0.1) is 11.5 Å². The number of aryl methyl sites for hydroxylation is 1. The van der Waals surface area contributed by atoms with Crippen LogP contribution >= 0.6 is 12.2 Å². The maximum absolute atomic E-state index is 11.9. The van der Waals surface area contributed by atoms with Crippen LogP contribution in [0.4, 0.5) is 11.4 Å². The van der Waals surface area contributed by atoms with Crippen LogP contribution in [0.15, 0.2) is 48.5 Å². The Morgan fingerprint density at radius 3 is 2.58 bits per heavy atom. The first-order chi connectivity index (χ1) is 12.5. The van der Waals surface area contributed by atoms with Gasteiger partial charge in [-0.25, -0.2) is 0 Å². The normalized spacial score (nSPS) is 10.0. The zero-order valence-corrected chi connectivity index (χ0v) is 15.0. The highest BCUT2D eigenvalue weighted by molar-refractivity contribution is 7.80. The number of thiocarbonyl (C=S) groups is 1. The van der Waals surface area contributed by atoms with E-state index in [1.807, 2.05) is 31.2 Å². The summed E-state index contributed by atoms with van der Waals surface area (Å²) in [5.41, 5.74) is 1.26. The summed E-state index contributed by atoms with van der Waals surface area (Å²) in [5, 5.41) is 16.1. The molecule has 26 heavy (non-hydrogen) atoms. The standard InChI is InChI=1S/C18H19N3O4S/c1-13-8-10-14(11-9-13)25-12-4-7-17(22)20-18(26)19-15-5-2-3-6-16(15)21(23)24/h2-3,5-6,8-11H,4,7,12H2,1H3,(H2,19,20,22,26). The highest BCUT2D eigenvalue weighted by Crippen LogP contribution is 2.22. The van der Waals surface area contributed by atoms with Crippen LogP contribution in [0.2, 0.25) is 0 Å². The summed E-state index contributed by atoms with van der Waals surface area (Å²) < 4.78 is 5.55. The molecule has 8 heteroatoms. The van der Waals surface area contributed by atoms with E-state index in [9.17, 15) is 14.9 Å². The predicted molar refractivity (Wildman–Crippen MR) is 103 cm³/mol. The first kappa shape index (κ1) is 19.3. The number of benzene rings is 2. The molecular weight excluding hydrogens is 354 g/mol. The van der Waals surface area contributed by atoms with E-state index in [4.69, 9.17) is 17.0 Å². The second-order valence-corrected chi connectivity index (χ2v) is 5.95. The van der Waals surface area contributed by atoms with Gasteiger partial charge in [-0.2, -0.15) is 0 Å². The van der Waals surface area contributed by atoms with Crippen molar-refractivity contribution in [3.8, 4) is 5.75 Å². The number of ether oxygens (including phenoxy) is 1. The van der Waals surface area contributed by atoms with E-state index in [0.717, 1.165) is 11.3 Å². The zero-order chi connectivity index (χ0) is 18.9. The number of carbonyl (C=O) groups is 1. The van der Waals surface area contributed by atoms with Gasteiger partial charge in [-0.3, -0.25) is 14.9 Å². The second-order valence-electron chi connectivity index (χ2n) is 5.54. The van der Waals surface area contributed by atoms with Crippen molar-refractivity contribution in [1.82, 2.24) is 5.32 Å².